The average molecular weight is 431 g/mol. The van der Waals surface area contributed by atoms with E-state index in [0.29, 0.717) is 18.7 Å². The molecule has 0 bridgehead atoms. The Labute approximate surface area is 189 Å². The van der Waals surface area contributed by atoms with Gasteiger partial charge in [0.25, 0.3) is 5.91 Å². The number of hydrogen-bond donors (Lipinski definition) is 2. The molecule has 32 heavy (non-hydrogen) atoms. The monoisotopic (exact) mass is 430 g/mol. The van der Waals surface area contributed by atoms with Crippen LogP contribution < -0.4 is 4.90 Å². The van der Waals surface area contributed by atoms with Crippen molar-refractivity contribution in [1.29, 1.82) is 0 Å². The molecule has 166 valence electrons. The van der Waals surface area contributed by atoms with Gasteiger partial charge in [-0.3, -0.25) is 9.69 Å². The van der Waals surface area contributed by atoms with Crippen molar-refractivity contribution in [1.82, 2.24) is 4.90 Å². The highest BCUT2D eigenvalue weighted by atomic mass is 16.3. The van der Waals surface area contributed by atoms with Crippen LogP contribution in [-0.4, -0.2) is 46.3 Å². The molecule has 3 aromatic carbocycles. The number of para-hydroxylation sites is 1. The normalized spacial score (nSPS) is 20.3. The first-order valence-corrected chi connectivity index (χ1v) is 11.1. The van der Waals surface area contributed by atoms with Gasteiger partial charge < -0.3 is 15.1 Å². The minimum absolute atomic E-state index is 0.0153. The predicted octanol–water partition coefficient (Wildman–Crippen LogP) is 3.94. The van der Waals surface area contributed by atoms with Gasteiger partial charge in [0.1, 0.15) is 0 Å². The van der Waals surface area contributed by atoms with Crippen molar-refractivity contribution >= 4 is 11.6 Å². The molecule has 1 amide bonds. The highest BCUT2D eigenvalue weighted by molar-refractivity contribution is 6.07. The summed E-state index contributed by atoms with van der Waals surface area (Å²) in [5, 5.41) is 21.2. The van der Waals surface area contributed by atoms with Crippen LogP contribution in [0.3, 0.4) is 0 Å². The van der Waals surface area contributed by atoms with Crippen LogP contribution in [0, 0.1) is 6.92 Å². The van der Waals surface area contributed by atoms with Gasteiger partial charge >= 0.3 is 0 Å². The van der Waals surface area contributed by atoms with Crippen LogP contribution in [0.15, 0.2) is 78.9 Å². The van der Waals surface area contributed by atoms with Gasteiger partial charge in [-0.15, -0.1) is 0 Å². The average Bonchev–Trinajstić information content (AvgIpc) is 2.81. The first-order chi connectivity index (χ1) is 15.5. The number of fused-ring (bicyclic) bond motifs is 1. The Morgan fingerprint density at radius 2 is 1.62 bits per heavy atom. The molecule has 3 atom stereocenters. The van der Waals surface area contributed by atoms with Gasteiger partial charge in [0.05, 0.1) is 24.8 Å². The zero-order chi connectivity index (χ0) is 22.7. The second kappa shape index (κ2) is 9.65. The maximum Gasteiger partial charge on any atom is 0.258 e. The van der Waals surface area contributed by atoms with Crippen molar-refractivity contribution < 1.29 is 15.0 Å². The topological polar surface area (TPSA) is 64.0 Å². The van der Waals surface area contributed by atoms with E-state index in [-0.39, 0.29) is 18.6 Å². The molecule has 5 nitrogen and oxygen atoms in total. The first kappa shape index (κ1) is 22.2. The third kappa shape index (κ3) is 4.32. The highest BCUT2D eigenvalue weighted by Crippen LogP contribution is 2.41. The molecule has 4 rings (SSSR count). The Bertz CT molecular complexity index is 1050. The molecule has 2 N–H and O–H groups in total. The molecule has 0 aliphatic carbocycles. The predicted molar refractivity (Wildman–Crippen MR) is 127 cm³/mol. The number of carbonyl (C=O) groups is 1. The van der Waals surface area contributed by atoms with Crippen LogP contribution in [0.1, 0.15) is 40.0 Å². The van der Waals surface area contributed by atoms with Crippen LogP contribution >= 0.6 is 0 Å². The standard InChI is InChI=1S/C27H30N2O3/c1-19-12-14-22(15-13-19)27(32)29-20(2)26(31)25(23-10-6-7-11-24(23)29)28(16-17-30)18-21-8-4-3-5-9-21/h3-15,20,25-26,30-31H,16-18H2,1-2H3/t20-,25-,26+/m1/s1. The lowest BCUT2D eigenvalue weighted by atomic mass is 9.87. The van der Waals surface area contributed by atoms with Gasteiger partial charge in [-0.25, -0.2) is 0 Å². The summed E-state index contributed by atoms with van der Waals surface area (Å²) < 4.78 is 0. The van der Waals surface area contributed by atoms with E-state index in [0.717, 1.165) is 22.4 Å². The molecule has 0 saturated carbocycles. The van der Waals surface area contributed by atoms with Crippen molar-refractivity contribution in [3.05, 3.63) is 101 Å². The Morgan fingerprint density at radius 3 is 2.31 bits per heavy atom. The highest BCUT2D eigenvalue weighted by Gasteiger charge is 2.43. The summed E-state index contributed by atoms with van der Waals surface area (Å²) in [6.07, 6.45) is -0.811. The molecule has 1 heterocycles. The lowest BCUT2D eigenvalue weighted by molar-refractivity contribution is 0.0147. The van der Waals surface area contributed by atoms with Gasteiger partial charge in [0.2, 0.25) is 0 Å². The summed E-state index contributed by atoms with van der Waals surface area (Å²) in [5.74, 6) is -0.126. The lowest BCUT2D eigenvalue weighted by Crippen LogP contribution is -2.55. The van der Waals surface area contributed by atoms with E-state index >= 15 is 0 Å². The smallest absolute Gasteiger partial charge is 0.258 e. The molecule has 0 unspecified atom stereocenters. The zero-order valence-electron chi connectivity index (χ0n) is 18.6. The maximum atomic E-state index is 13.5. The van der Waals surface area contributed by atoms with E-state index < -0.39 is 12.1 Å². The Kier molecular flexibility index (Phi) is 6.70. The summed E-state index contributed by atoms with van der Waals surface area (Å²) in [6, 6.07) is 24.6. The van der Waals surface area contributed by atoms with E-state index in [1.807, 2.05) is 92.7 Å². The Morgan fingerprint density at radius 1 is 0.969 bits per heavy atom. The van der Waals surface area contributed by atoms with Crippen molar-refractivity contribution in [2.24, 2.45) is 0 Å². The Hall–Kier alpha value is -2.99. The van der Waals surface area contributed by atoms with Crippen molar-refractivity contribution in [3.63, 3.8) is 0 Å². The fourth-order valence-electron chi connectivity index (χ4n) is 4.58. The summed E-state index contributed by atoms with van der Waals surface area (Å²) in [5.41, 5.74) is 4.49. The van der Waals surface area contributed by atoms with Gasteiger partial charge in [-0.1, -0.05) is 66.2 Å². The quantitative estimate of drug-likeness (QED) is 0.622. The number of aryl methyl sites for hydroxylation is 1. The van der Waals surface area contributed by atoms with Crippen LogP contribution in [0.2, 0.25) is 0 Å². The molecule has 0 saturated heterocycles. The second-order valence-electron chi connectivity index (χ2n) is 8.46. The number of aliphatic hydroxyl groups excluding tert-OH is 2. The van der Waals surface area contributed by atoms with E-state index in [4.69, 9.17) is 0 Å². The van der Waals surface area contributed by atoms with Crippen molar-refractivity contribution in [2.45, 2.75) is 38.6 Å². The molecule has 0 fully saturated rings. The molecule has 0 aromatic heterocycles. The first-order valence-electron chi connectivity index (χ1n) is 11.1. The van der Waals surface area contributed by atoms with Gasteiger partial charge in [-0.05, 0) is 43.2 Å². The maximum absolute atomic E-state index is 13.5. The van der Waals surface area contributed by atoms with Crippen LogP contribution in [-0.2, 0) is 6.54 Å². The fraction of sp³-hybridized carbons (Fsp3) is 0.296. The molecule has 0 radical (unpaired) electrons. The number of benzene rings is 3. The number of aliphatic hydroxyl groups is 2. The van der Waals surface area contributed by atoms with Crippen molar-refractivity contribution in [3.8, 4) is 0 Å². The minimum Gasteiger partial charge on any atom is -0.395 e. The lowest BCUT2D eigenvalue weighted by Gasteiger charge is -2.46. The van der Waals surface area contributed by atoms with Gasteiger partial charge in [0, 0.05) is 24.3 Å². The molecule has 1 aliphatic rings. The third-order valence-electron chi connectivity index (χ3n) is 6.27. The van der Waals surface area contributed by atoms with Gasteiger partial charge in [0.15, 0.2) is 0 Å². The largest absolute Gasteiger partial charge is 0.395 e. The third-order valence-corrected chi connectivity index (χ3v) is 6.27. The number of rotatable bonds is 6. The summed E-state index contributed by atoms with van der Waals surface area (Å²) in [4.78, 5) is 17.3. The van der Waals surface area contributed by atoms with Crippen LogP contribution in [0.25, 0.3) is 0 Å². The number of carbonyl (C=O) groups excluding carboxylic acids is 1. The number of anilines is 1. The summed E-state index contributed by atoms with van der Waals surface area (Å²) in [7, 11) is 0. The number of hydrogen-bond acceptors (Lipinski definition) is 4. The van der Waals surface area contributed by atoms with E-state index in [1.165, 1.54) is 0 Å². The Balaban J connectivity index is 1.73. The minimum atomic E-state index is -0.811. The van der Waals surface area contributed by atoms with Gasteiger partial charge in [-0.2, -0.15) is 0 Å². The van der Waals surface area contributed by atoms with Crippen LogP contribution in [0.5, 0.6) is 0 Å². The molecular weight excluding hydrogens is 400 g/mol. The van der Waals surface area contributed by atoms with Crippen molar-refractivity contribution in [2.75, 3.05) is 18.1 Å². The van der Waals surface area contributed by atoms with E-state index in [1.54, 1.807) is 4.90 Å². The van der Waals surface area contributed by atoms with E-state index in [9.17, 15) is 15.0 Å². The molecule has 3 aromatic rings. The van der Waals surface area contributed by atoms with Crippen LogP contribution in [0.4, 0.5) is 5.69 Å². The zero-order valence-corrected chi connectivity index (χ0v) is 18.6. The van der Waals surface area contributed by atoms with E-state index in [2.05, 4.69) is 4.90 Å². The number of nitrogens with zero attached hydrogens (tertiary/aromatic N) is 2. The fourth-order valence-corrected chi connectivity index (χ4v) is 4.58. The molecule has 0 spiro atoms. The molecule has 1 aliphatic heterocycles. The summed E-state index contributed by atoms with van der Waals surface area (Å²) >= 11 is 0. The molecular formula is C27H30N2O3. The summed E-state index contributed by atoms with van der Waals surface area (Å²) in [6.45, 7) is 4.88. The number of amides is 1. The SMILES string of the molecule is Cc1ccc(C(=O)N2c3ccccc3[C@@H](N(CCO)Cc3ccccc3)[C@@H](O)[C@H]2C)cc1. The molecule has 5 heteroatoms. The second-order valence-corrected chi connectivity index (χ2v) is 8.46.